The Morgan fingerprint density at radius 3 is 2.58 bits per heavy atom. The van der Waals surface area contributed by atoms with Gasteiger partial charge in [-0.2, -0.15) is 0 Å². The van der Waals surface area contributed by atoms with Gasteiger partial charge in [0.05, 0.1) is 17.7 Å². The minimum absolute atomic E-state index is 0.426. The fourth-order valence-electron chi connectivity index (χ4n) is 2.46. The highest BCUT2D eigenvalue weighted by Crippen LogP contribution is 2.44. The molecule has 0 atom stereocenters. The fraction of sp³-hybridized carbons (Fsp3) is 0.600. The molecule has 0 aliphatic carbocycles. The van der Waals surface area contributed by atoms with Crippen molar-refractivity contribution in [3.63, 3.8) is 0 Å². The number of hydrogen-bond donors (Lipinski definition) is 1. The molecule has 1 aromatic rings. The van der Waals surface area contributed by atoms with Crippen LogP contribution >= 0.6 is 15.9 Å². The second-order valence-electron chi connectivity index (χ2n) is 5.15. The molecule has 0 radical (unpaired) electrons. The van der Waals surface area contributed by atoms with Crippen LogP contribution in [0.2, 0.25) is 0 Å². The highest BCUT2D eigenvalue weighted by atomic mass is 79.9. The Balaban J connectivity index is 2.50. The largest absolute Gasteiger partial charge is 0.489 e. The molecule has 1 aliphatic heterocycles. The summed E-state index contributed by atoms with van der Waals surface area (Å²) in [6.07, 6.45) is 1.93. The van der Waals surface area contributed by atoms with Crippen molar-refractivity contribution in [2.75, 3.05) is 26.8 Å². The quantitative estimate of drug-likeness (QED) is 0.918. The zero-order valence-corrected chi connectivity index (χ0v) is 13.5. The number of halogens is 1. The monoisotopic (exact) mass is 327 g/mol. The standard InChI is InChI=1S/C15H22BrNO2/c1-10(2)13-11(5-6-17-3)9-12(16)14-15(13)19-8-4-7-18-14/h9-10,17H,4-8H2,1-3H3. The van der Waals surface area contributed by atoms with Crippen LogP contribution in [0.5, 0.6) is 11.5 Å². The summed E-state index contributed by atoms with van der Waals surface area (Å²) in [5.41, 5.74) is 2.62. The van der Waals surface area contributed by atoms with Crippen molar-refractivity contribution in [2.24, 2.45) is 0 Å². The second-order valence-corrected chi connectivity index (χ2v) is 6.00. The van der Waals surface area contributed by atoms with Gasteiger partial charge in [-0.15, -0.1) is 0 Å². The summed E-state index contributed by atoms with van der Waals surface area (Å²) in [7, 11) is 1.98. The first-order chi connectivity index (χ1) is 9.15. The molecule has 1 aromatic carbocycles. The van der Waals surface area contributed by atoms with Gasteiger partial charge in [-0.25, -0.2) is 0 Å². The van der Waals surface area contributed by atoms with E-state index in [2.05, 4.69) is 41.2 Å². The normalized spacial score (nSPS) is 14.6. The van der Waals surface area contributed by atoms with E-state index < -0.39 is 0 Å². The van der Waals surface area contributed by atoms with Crippen LogP contribution in [-0.4, -0.2) is 26.8 Å². The first-order valence-electron chi connectivity index (χ1n) is 6.90. The average Bonchev–Trinajstić information content (AvgIpc) is 2.61. The van der Waals surface area contributed by atoms with Gasteiger partial charge in [-0.1, -0.05) is 13.8 Å². The predicted molar refractivity (Wildman–Crippen MR) is 81.5 cm³/mol. The zero-order chi connectivity index (χ0) is 13.8. The van der Waals surface area contributed by atoms with Crippen molar-refractivity contribution in [3.8, 4) is 11.5 Å². The van der Waals surface area contributed by atoms with Crippen LogP contribution in [0.15, 0.2) is 10.5 Å². The molecule has 0 spiro atoms. The Hall–Kier alpha value is -0.740. The number of rotatable bonds is 4. The number of fused-ring (bicyclic) bond motifs is 1. The summed E-state index contributed by atoms with van der Waals surface area (Å²) in [5.74, 6) is 2.23. The maximum Gasteiger partial charge on any atom is 0.175 e. The van der Waals surface area contributed by atoms with Crippen LogP contribution in [0.3, 0.4) is 0 Å². The van der Waals surface area contributed by atoms with Crippen molar-refractivity contribution in [1.82, 2.24) is 5.32 Å². The molecule has 0 bridgehead atoms. The van der Waals surface area contributed by atoms with Gasteiger partial charge in [-0.05, 0) is 53.5 Å². The molecule has 1 heterocycles. The van der Waals surface area contributed by atoms with Crippen molar-refractivity contribution < 1.29 is 9.47 Å². The molecule has 0 saturated carbocycles. The molecule has 4 heteroatoms. The van der Waals surface area contributed by atoms with Gasteiger partial charge in [0.25, 0.3) is 0 Å². The van der Waals surface area contributed by atoms with Crippen LogP contribution < -0.4 is 14.8 Å². The van der Waals surface area contributed by atoms with Crippen molar-refractivity contribution >= 4 is 15.9 Å². The molecule has 106 valence electrons. The predicted octanol–water partition coefficient (Wildman–Crippen LogP) is 3.50. The lowest BCUT2D eigenvalue weighted by Gasteiger charge is -2.20. The van der Waals surface area contributed by atoms with E-state index in [1.165, 1.54) is 11.1 Å². The smallest absolute Gasteiger partial charge is 0.175 e. The number of hydrogen-bond acceptors (Lipinski definition) is 3. The average molecular weight is 328 g/mol. The van der Waals surface area contributed by atoms with Crippen molar-refractivity contribution in [2.45, 2.75) is 32.6 Å². The molecule has 1 N–H and O–H groups in total. The number of benzene rings is 1. The second kappa shape index (κ2) is 6.62. The van der Waals surface area contributed by atoms with E-state index in [4.69, 9.17) is 9.47 Å². The first kappa shape index (κ1) is 14.7. The summed E-state index contributed by atoms with van der Waals surface area (Å²) in [5, 5.41) is 3.21. The van der Waals surface area contributed by atoms with E-state index in [1.54, 1.807) is 0 Å². The third-order valence-electron chi connectivity index (χ3n) is 3.32. The van der Waals surface area contributed by atoms with Gasteiger partial charge in [0.2, 0.25) is 0 Å². The minimum atomic E-state index is 0.426. The van der Waals surface area contributed by atoms with Gasteiger partial charge >= 0.3 is 0 Å². The van der Waals surface area contributed by atoms with Crippen LogP contribution in [0.4, 0.5) is 0 Å². The Morgan fingerprint density at radius 1 is 1.26 bits per heavy atom. The van der Waals surface area contributed by atoms with Crippen LogP contribution in [0.1, 0.15) is 37.3 Å². The van der Waals surface area contributed by atoms with Gasteiger partial charge in [-0.3, -0.25) is 0 Å². The Bertz CT molecular complexity index is 446. The molecule has 3 nitrogen and oxygen atoms in total. The highest BCUT2D eigenvalue weighted by molar-refractivity contribution is 9.10. The maximum atomic E-state index is 5.97. The lowest BCUT2D eigenvalue weighted by Crippen LogP contribution is -2.13. The lowest BCUT2D eigenvalue weighted by atomic mass is 9.93. The Kier molecular flexibility index (Phi) is 5.11. The summed E-state index contributed by atoms with van der Waals surface area (Å²) in [6, 6.07) is 2.18. The summed E-state index contributed by atoms with van der Waals surface area (Å²) in [4.78, 5) is 0. The number of likely N-dealkylation sites (N-methyl/N-ethyl adjacent to an activating group) is 1. The molecule has 1 aliphatic rings. The number of ether oxygens (including phenoxy) is 2. The maximum absolute atomic E-state index is 5.97. The van der Waals surface area contributed by atoms with Crippen LogP contribution in [-0.2, 0) is 6.42 Å². The number of nitrogens with one attached hydrogen (secondary N) is 1. The van der Waals surface area contributed by atoms with E-state index in [0.29, 0.717) is 5.92 Å². The third kappa shape index (κ3) is 3.23. The molecule has 0 unspecified atom stereocenters. The van der Waals surface area contributed by atoms with Crippen LogP contribution in [0.25, 0.3) is 0 Å². The minimum Gasteiger partial charge on any atom is -0.489 e. The van der Waals surface area contributed by atoms with Gasteiger partial charge in [0, 0.05) is 12.0 Å². The van der Waals surface area contributed by atoms with Crippen molar-refractivity contribution in [3.05, 3.63) is 21.7 Å². The Labute approximate surface area is 123 Å². The van der Waals surface area contributed by atoms with E-state index in [0.717, 1.165) is 48.6 Å². The fourth-order valence-corrected chi connectivity index (χ4v) is 3.03. The third-order valence-corrected chi connectivity index (χ3v) is 3.91. The van der Waals surface area contributed by atoms with Gasteiger partial charge in [0.1, 0.15) is 0 Å². The Morgan fingerprint density at radius 2 is 1.95 bits per heavy atom. The summed E-state index contributed by atoms with van der Waals surface area (Å²) in [6.45, 7) is 6.83. The summed E-state index contributed by atoms with van der Waals surface area (Å²) >= 11 is 3.62. The van der Waals surface area contributed by atoms with E-state index in [-0.39, 0.29) is 0 Å². The summed E-state index contributed by atoms with van der Waals surface area (Å²) < 4.78 is 12.8. The highest BCUT2D eigenvalue weighted by Gasteiger charge is 2.23. The van der Waals surface area contributed by atoms with E-state index in [9.17, 15) is 0 Å². The van der Waals surface area contributed by atoms with E-state index >= 15 is 0 Å². The van der Waals surface area contributed by atoms with Gasteiger partial charge in [0.15, 0.2) is 11.5 Å². The zero-order valence-electron chi connectivity index (χ0n) is 11.9. The molecule has 0 aromatic heterocycles. The molecule has 0 amide bonds. The molecular weight excluding hydrogens is 306 g/mol. The SMILES string of the molecule is CNCCc1cc(Br)c2c(c1C(C)C)OCCCO2. The van der Waals surface area contributed by atoms with Crippen LogP contribution in [0, 0.1) is 0 Å². The molecule has 0 fully saturated rings. The topological polar surface area (TPSA) is 30.5 Å². The van der Waals surface area contributed by atoms with Gasteiger partial charge < -0.3 is 14.8 Å². The molecule has 2 rings (SSSR count). The first-order valence-corrected chi connectivity index (χ1v) is 7.70. The molecule has 0 saturated heterocycles. The molecular formula is C15H22BrNO2. The molecule has 19 heavy (non-hydrogen) atoms. The van der Waals surface area contributed by atoms with Crippen molar-refractivity contribution in [1.29, 1.82) is 0 Å². The van der Waals surface area contributed by atoms with E-state index in [1.807, 2.05) is 7.05 Å². The lowest BCUT2D eigenvalue weighted by molar-refractivity contribution is 0.295.